The zero-order valence-electron chi connectivity index (χ0n) is 17.9. The van der Waals surface area contributed by atoms with Gasteiger partial charge in [-0.25, -0.2) is 8.78 Å². The molecule has 0 saturated carbocycles. The molecule has 1 aliphatic rings. The molecule has 1 aromatic heterocycles. The van der Waals surface area contributed by atoms with E-state index in [2.05, 4.69) is 5.10 Å². The number of hydrogen-bond acceptors (Lipinski definition) is 3. The molecular weight excluding hydrogens is 459 g/mol. The smallest absolute Gasteiger partial charge is 0.270 e. The average molecular weight is 482 g/mol. The van der Waals surface area contributed by atoms with Crippen LogP contribution < -0.4 is 0 Å². The molecule has 2 atom stereocenters. The van der Waals surface area contributed by atoms with E-state index in [0.29, 0.717) is 45.2 Å². The third kappa shape index (κ3) is 3.66. The number of amides is 1. The van der Waals surface area contributed by atoms with Crippen molar-refractivity contribution in [1.29, 1.82) is 0 Å². The molecule has 0 radical (unpaired) electrons. The van der Waals surface area contributed by atoms with Crippen molar-refractivity contribution in [3.05, 3.63) is 62.8 Å². The lowest BCUT2D eigenvalue weighted by Crippen LogP contribution is -2.41. The summed E-state index contributed by atoms with van der Waals surface area (Å²) in [4.78, 5) is 15.0. The van der Waals surface area contributed by atoms with Crippen molar-refractivity contribution in [2.45, 2.75) is 44.8 Å². The van der Waals surface area contributed by atoms with Crippen molar-refractivity contribution in [2.24, 2.45) is 7.05 Å². The van der Waals surface area contributed by atoms with Crippen LogP contribution in [0.2, 0.25) is 10.2 Å². The number of aryl methyl sites for hydroxylation is 1. The molecule has 0 bridgehead atoms. The van der Waals surface area contributed by atoms with Crippen LogP contribution in [-0.2, 0) is 30.3 Å². The molecule has 9 heteroatoms. The van der Waals surface area contributed by atoms with Gasteiger partial charge >= 0.3 is 0 Å². The van der Waals surface area contributed by atoms with Gasteiger partial charge in [0.2, 0.25) is 5.91 Å². The minimum atomic E-state index is -2.92. The van der Waals surface area contributed by atoms with E-state index >= 15 is 0 Å². The molecule has 0 fully saturated rings. The normalized spacial score (nSPS) is 18.2. The van der Waals surface area contributed by atoms with Crippen molar-refractivity contribution in [3.8, 4) is 0 Å². The van der Waals surface area contributed by atoms with Gasteiger partial charge in [0.25, 0.3) is 6.43 Å². The summed E-state index contributed by atoms with van der Waals surface area (Å²) in [5.74, 6) is -0.150. The number of aliphatic hydroxyl groups is 1. The fourth-order valence-corrected chi connectivity index (χ4v) is 4.99. The molecule has 5 nitrogen and oxygen atoms in total. The predicted octanol–water partition coefficient (Wildman–Crippen LogP) is 5.04. The summed E-state index contributed by atoms with van der Waals surface area (Å²) in [5.41, 5.74) is 0.646. The number of alkyl halides is 2. The molecule has 0 aliphatic carbocycles. The van der Waals surface area contributed by atoms with Gasteiger partial charge in [0.15, 0.2) is 0 Å². The topological polar surface area (TPSA) is 58.4 Å². The van der Waals surface area contributed by atoms with Gasteiger partial charge in [-0.15, -0.1) is 0 Å². The third-order valence-corrected chi connectivity index (χ3v) is 7.12. The molecular formula is C23H23Cl2F2N3O2. The maximum absolute atomic E-state index is 13.5. The fourth-order valence-electron chi connectivity index (χ4n) is 4.52. The number of halogens is 4. The highest BCUT2D eigenvalue weighted by Gasteiger charge is 2.39. The Hall–Kier alpha value is -2.22. The molecule has 170 valence electrons. The Morgan fingerprint density at radius 1 is 1.31 bits per heavy atom. The second-order valence-electron chi connectivity index (χ2n) is 8.35. The number of nitrogens with zero attached hydrogens (tertiary/aromatic N) is 3. The van der Waals surface area contributed by atoms with E-state index in [1.165, 1.54) is 10.7 Å². The Morgan fingerprint density at radius 2 is 2.03 bits per heavy atom. The van der Waals surface area contributed by atoms with E-state index in [1.807, 2.05) is 13.0 Å². The summed E-state index contributed by atoms with van der Waals surface area (Å²) < 4.78 is 28.5. The van der Waals surface area contributed by atoms with E-state index in [0.717, 1.165) is 12.5 Å². The summed E-state index contributed by atoms with van der Waals surface area (Å²) in [6.07, 6.45) is -2.51. The lowest BCUT2D eigenvalue weighted by atomic mass is 9.83. The van der Waals surface area contributed by atoms with Gasteiger partial charge in [-0.1, -0.05) is 41.4 Å². The quantitative estimate of drug-likeness (QED) is 0.567. The number of benzene rings is 2. The molecule has 2 aromatic carbocycles. The van der Waals surface area contributed by atoms with Crippen LogP contribution in [0.4, 0.5) is 8.78 Å². The van der Waals surface area contributed by atoms with Crippen molar-refractivity contribution in [2.75, 3.05) is 6.54 Å². The fraction of sp³-hybridized carbons (Fsp3) is 0.391. The zero-order valence-corrected chi connectivity index (χ0v) is 19.4. The van der Waals surface area contributed by atoms with Crippen LogP contribution in [0.3, 0.4) is 0 Å². The largest absolute Gasteiger partial charge is 0.379 e. The van der Waals surface area contributed by atoms with Crippen LogP contribution in [0, 0.1) is 0 Å². The monoisotopic (exact) mass is 481 g/mol. The second-order valence-corrected chi connectivity index (χ2v) is 9.11. The Labute approximate surface area is 194 Å². The van der Waals surface area contributed by atoms with Gasteiger partial charge in [-0.05, 0) is 54.7 Å². The van der Waals surface area contributed by atoms with Gasteiger partial charge in [-0.2, -0.15) is 5.10 Å². The SMILES string of the molecule is C[C@H]1c2cccc(C(C)(O)C(F)F)c2CCN1C(=O)Cc1c(Cl)ccc2nn(C)c(Cl)c12. The first-order valence-corrected chi connectivity index (χ1v) is 11.0. The van der Waals surface area contributed by atoms with E-state index in [4.69, 9.17) is 23.2 Å². The van der Waals surface area contributed by atoms with Crippen LogP contribution >= 0.6 is 23.2 Å². The highest BCUT2D eigenvalue weighted by molar-refractivity contribution is 6.37. The highest BCUT2D eigenvalue weighted by Crippen LogP contribution is 2.39. The number of carbonyl (C=O) groups is 1. The van der Waals surface area contributed by atoms with Gasteiger partial charge in [-0.3, -0.25) is 9.48 Å². The second kappa shape index (κ2) is 8.28. The van der Waals surface area contributed by atoms with E-state index in [-0.39, 0.29) is 23.9 Å². The van der Waals surface area contributed by atoms with Crippen LogP contribution in [0.5, 0.6) is 0 Å². The van der Waals surface area contributed by atoms with E-state index < -0.39 is 12.0 Å². The number of rotatable bonds is 4. The Morgan fingerprint density at radius 3 is 2.72 bits per heavy atom. The van der Waals surface area contributed by atoms with Gasteiger partial charge < -0.3 is 10.0 Å². The summed E-state index contributed by atoms with van der Waals surface area (Å²) in [6, 6.07) is 8.10. The van der Waals surface area contributed by atoms with Crippen molar-refractivity contribution in [3.63, 3.8) is 0 Å². The van der Waals surface area contributed by atoms with Crippen molar-refractivity contribution < 1.29 is 18.7 Å². The predicted molar refractivity (Wildman–Crippen MR) is 120 cm³/mol. The average Bonchev–Trinajstić information content (AvgIpc) is 3.03. The molecule has 1 amide bonds. The Balaban J connectivity index is 1.67. The van der Waals surface area contributed by atoms with Crippen LogP contribution in [-0.4, -0.2) is 38.7 Å². The third-order valence-electron chi connectivity index (χ3n) is 6.33. The van der Waals surface area contributed by atoms with Crippen LogP contribution in [0.1, 0.15) is 42.1 Å². The van der Waals surface area contributed by atoms with E-state index in [9.17, 15) is 18.7 Å². The van der Waals surface area contributed by atoms with Gasteiger partial charge in [0.05, 0.1) is 18.0 Å². The Bertz CT molecular complexity index is 1210. The summed E-state index contributed by atoms with van der Waals surface area (Å²) >= 11 is 12.8. The van der Waals surface area contributed by atoms with Crippen LogP contribution in [0.15, 0.2) is 30.3 Å². The molecule has 4 rings (SSSR count). The van der Waals surface area contributed by atoms with Crippen molar-refractivity contribution >= 4 is 40.0 Å². The lowest BCUT2D eigenvalue weighted by molar-refractivity contribution is -0.133. The summed E-state index contributed by atoms with van der Waals surface area (Å²) in [5, 5.41) is 16.2. The number of fused-ring (bicyclic) bond motifs is 2. The standard InChI is InChI=1S/C23H23Cl2F2N3O2/c1-12-13-5-4-6-16(23(2,32)22(26)27)14(13)9-10-30(12)19(31)11-15-17(24)7-8-18-20(15)21(25)29(3)28-18/h4-8,12,22,32H,9-11H2,1-3H3/t12-,23?/m0/s1. The van der Waals surface area contributed by atoms with Gasteiger partial charge in [0, 0.05) is 24.0 Å². The summed E-state index contributed by atoms with van der Waals surface area (Å²) in [7, 11) is 1.72. The maximum atomic E-state index is 13.5. The molecule has 3 aromatic rings. The highest BCUT2D eigenvalue weighted by atomic mass is 35.5. The van der Waals surface area contributed by atoms with Gasteiger partial charge in [0.1, 0.15) is 10.8 Å². The minimum Gasteiger partial charge on any atom is -0.379 e. The number of hydrogen-bond donors (Lipinski definition) is 1. The minimum absolute atomic E-state index is 0.0374. The molecule has 32 heavy (non-hydrogen) atoms. The molecule has 0 spiro atoms. The van der Waals surface area contributed by atoms with Crippen molar-refractivity contribution in [1.82, 2.24) is 14.7 Å². The molecule has 0 saturated heterocycles. The first-order chi connectivity index (χ1) is 15.0. The maximum Gasteiger partial charge on any atom is 0.270 e. The number of aromatic nitrogens is 2. The van der Waals surface area contributed by atoms with E-state index in [1.54, 1.807) is 30.1 Å². The molecule has 1 aliphatic heterocycles. The molecule has 1 N–H and O–H groups in total. The van der Waals surface area contributed by atoms with Crippen LogP contribution in [0.25, 0.3) is 10.9 Å². The zero-order chi connectivity index (χ0) is 23.4. The number of carbonyl (C=O) groups excluding carboxylic acids is 1. The first kappa shape index (κ1) is 23.0. The molecule has 1 unspecified atom stereocenters. The first-order valence-electron chi connectivity index (χ1n) is 10.3. The Kier molecular flexibility index (Phi) is 5.94. The summed E-state index contributed by atoms with van der Waals surface area (Å²) in [6.45, 7) is 3.32. The molecule has 2 heterocycles. The lowest BCUT2D eigenvalue weighted by Gasteiger charge is -2.38.